The van der Waals surface area contributed by atoms with Crippen molar-refractivity contribution in [1.29, 1.82) is 0 Å². The smallest absolute Gasteiger partial charge is 0.289 e. The van der Waals surface area contributed by atoms with Crippen LogP contribution < -0.4 is 5.32 Å². The van der Waals surface area contributed by atoms with Crippen molar-refractivity contribution in [3.05, 3.63) is 34.9 Å². The van der Waals surface area contributed by atoms with Gasteiger partial charge in [-0.1, -0.05) is 29.3 Å². The summed E-state index contributed by atoms with van der Waals surface area (Å²) in [6.45, 7) is 5.20. The average Bonchev–Trinajstić information content (AvgIpc) is 2.39. The van der Waals surface area contributed by atoms with Crippen molar-refractivity contribution >= 4 is 12.4 Å². The fourth-order valence-electron chi connectivity index (χ4n) is 2.92. The topological polar surface area (TPSA) is 35.5 Å². The molecule has 0 saturated carbocycles. The van der Waals surface area contributed by atoms with Gasteiger partial charge in [0.15, 0.2) is 0 Å². The Morgan fingerprint density at radius 1 is 1.19 bits per heavy atom. The van der Waals surface area contributed by atoms with Crippen molar-refractivity contribution in [1.82, 2.24) is 10.2 Å². The van der Waals surface area contributed by atoms with E-state index in [0.717, 1.165) is 11.1 Å². The lowest BCUT2D eigenvalue weighted by atomic mass is 9.95. The molecule has 2 N–H and O–H groups in total. The molecule has 1 saturated heterocycles. The lowest BCUT2D eigenvalue weighted by Gasteiger charge is -2.39. The fourth-order valence-corrected chi connectivity index (χ4v) is 2.92. The van der Waals surface area contributed by atoms with E-state index >= 15 is 0 Å². The normalized spacial score (nSPS) is 18.1. The molecule has 1 fully saturated rings. The summed E-state index contributed by atoms with van der Waals surface area (Å²) in [5.74, 6) is -3.14. The SMILES string of the molecule is Cc1cc(C)cc([C@@H](N2CCNCC2)C(F)(F)CO)c1.Cl. The number of hydrogen-bond donors (Lipinski definition) is 2. The first-order chi connectivity index (χ1) is 9.44. The van der Waals surface area contributed by atoms with Crippen LogP contribution in [0.5, 0.6) is 0 Å². The lowest BCUT2D eigenvalue weighted by Crippen LogP contribution is -2.51. The minimum atomic E-state index is -3.14. The molecule has 3 nitrogen and oxygen atoms in total. The van der Waals surface area contributed by atoms with Gasteiger partial charge in [-0.25, -0.2) is 8.78 Å². The van der Waals surface area contributed by atoms with Gasteiger partial charge in [0.1, 0.15) is 12.6 Å². The first-order valence-corrected chi connectivity index (χ1v) is 6.95. The summed E-state index contributed by atoms with van der Waals surface area (Å²) in [5, 5.41) is 12.3. The van der Waals surface area contributed by atoms with E-state index in [1.807, 2.05) is 19.9 Å². The maximum atomic E-state index is 14.2. The van der Waals surface area contributed by atoms with Crippen LogP contribution in [0.3, 0.4) is 0 Å². The van der Waals surface area contributed by atoms with Crippen LogP contribution in [0.4, 0.5) is 8.78 Å². The lowest BCUT2D eigenvalue weighted by molar-refractivity contribution is -0.118. The van der Waals surface area contributed by atoms with Gasteiger partial charge in [-0.05, 0) is 19.4 Å². The number of alkyl halides is 2. The number of aliphatic hydroxyl groups is 1. The number of piperazine rings is 1. The van der Waals surface area contributed by atoms with Crippen molar-refractivity contribution in [2.75, 3.05) is 32.8 Å². The number of aryl methyl sites for hydroxylation is 2. The van der Waals surface area contributed by atoms with Gasteiger partial charge in [-0.3, -0.25) is 4.90 Å². The number of halogens is 3. The Morgan fingerprint density at radius 3 is 2.19 bits per heavy atom. The predicted molar refractivity (Wildman–Crippen MR) is 82.4 cm³/mol. The molecule has 6 heteroatoms. The number of rotatable bonds is 4. The van der Waals surface area contributed by atoms with Gasteiger partial charge in [0.25, 0.3) is 5.92 Å². The van der Waals surface area contributed by atoms with Crippen LogP contribution in [0.25, 0.3) is 0 Å². The molecule has 1 aliphatic rings. The summed E-state index contributed by atoms with van der Waals surface area (Å²) in [7, 11) is 0. The van der Waals surface area contributed by atoms with Crippen LogP contribution >= 0.6 is 12.4 Å². The van der Waals surface area contributed by atoms with E-state index < -0.39 is 18.6 Å². The molecule has 120 valence electrons. The Kier molecular flexibility index (Phi) is 6.53. The first kappa shape index (κ1) is 18.3. The number of aliphatic hydroxyl groups excluding tert-OH is 1. The highest BCUT2D eigenvalue weighted by atomic mass is 35.5. The minimum Gasteiger partial charge on any atom is -0.390 e. The van der Waals surface area contributed by atoms with E-state index in [9.17, 15) is 8.78 Å². The van der Waals surface area contributed by atoms with Crippen LogP contribution in [0.15, 0.2) is 18.2 Å². The van der Waals surface area contributed by atoms with Gasteiger partial charge in [0.05, 0.1) is 0 Å². The molecular formula is C15H23ClF2N2O. The average molecular weight is 321 g/mol. The Balaban J connectivity index is 0.00000220. The summed E-state index contributed by atoms with van der Waals surface area (Å²) in [5.41, 5.74) is 2.52. The molecule has 1 aliphatic heterocycles. The highest BCUT2D eigenvalue weighted by Crippen LogP contribution is 2.37. The van der Waals surface area contributed by atoms with E-state index in [2.05, 4.69) is 5.32 Å². The highest BCUT2D eigenvalue weighted by molar-refractivity contribution is 5.85. The second-order valence-electron chi connectivity index (χ2n) is 5.53. The Hall–Kier alpha value is -0.750. The molecule has 0 aliphatic carbocycles. The number of benzene rings is 1. The monoisotopic (exact) mass is 320 g/mol. The van der Waals surface area contributed by atoms with Crippen LogP contribution in [0.1, 0.15) is 22.7 Å². The number of nitrogens with one attached hydrogen (secondary N) is 1. The number of hydrogen-bond acceptors (Lipinski definition) is 3. The summed E-state index contributed by atoms with van der Waals surface area (Å²) >= 11 is 0. The second kappa shape index (κ2) is 7.49. The standard InChI is InChI=1S/C15H22F2N2O.ClH/c1-11-7-12(2)9-13(8-11)14(15(16,17)10-20)19-5-3-18-4-6-19;/h7-9,14,18,20H,3-6,10H2,1-2H3;1H/t14-;/m1./s1. The van der Waals surface area contributed by atoms with Crippen LogP contribution in [-0.4, -0.2) is 48.7 Å². The summed E-state index contributed by atoms with van der Waals surface area (Å²) in [4.78, 5) is 1.76. The molecule has 2 rings (SSSR count). The summed E-state index contributed by atoms with van der Waals surface area (Å²) in [6.07, 6.45) is 0. The van der Waals surface area contributed by atoms with E-state index in [1.165, 1.54) is 0 Å². The molecule has 0 aromatic heterocycles. The summed E-state index contributed by atoms with van der Waals surface area (Å²) < 4.78 is 28.5. The van der Waals surface area contributed by atoms with Crippen LogP contribution in [-0.2, 0) is 0 Å². The highest BCUT2D eigenvalue weighted by Gasteiger charge is 2.44. The van der Waals surface area contributed by atoms with E-state index in [1.54, 1.807) is 17.0 Å². The van der Waals surface area contributed by atoms with Gasteiger partial charge in [0, 0.05) is 26.2 Å². The van der Waals surface area contributed by atoms with Gasteiger partial charge in [-0.15, -0.1) is 12.4 Å². The van der Waals surface area contributed by atoms with Crippen LogP contribution in [0.2, 0.25) is 0 Å². The Bertz CT molecular complexity index is 445. The molecule has 0 unspecified atom stereocenters. The van der Waals surface area contributed by atoms with Crippen molar-refractivity contribution < 1.29 is 13.9 Å². The maximum absolute atomic E-state index is 14.2. The molecule has 1 atom stereocenters. The molecule has 0 amide bonds. The Morgan fingerprint density at radius 2 is 1.71 bits per heavy atom. The van der Waals surface area contributed by atoms with Gasteiger partial charge in [-0.2, -0.15) is 0 Å². The number of nitrogens with zero attached hydrogens (tertiary/aromatic N) is 1. The zero-order chi connectivity index (χ0) is 14.8. The van der Waals surface area contributed by atoms with E-state index in [4.69, 9.17) is 5.11 Å². The van der Waals surface area contributed by atoms with Crippen molar-refractivity contribution in [3.8, 4) is 0 Å². The maximum Gasteiger partial charge on any atom is 0.289 e. The largest absolute Gasteiger partial charge is 0.390 e. The summed E-state index contributed by atoms with van der Waals surface area (Å²) in [6, 6.07) is 4.50. The van der Waals surface area contributed by atoms with Crippen molar-refractivity contribution in [2.45, 2.75) is 25.8 Å². The quantitative estimate of drug-likeness (QED) is 0.893. The first-order valence-electron chi connectivity index (χ1n) is 6.95. The second-order valence-corrected chi connectivity index (χ2v) is 5.53. The molecule has 21 heavy (non-hydrogen) atoms. The van der Waals surface area contributed by atoms with E-state index in [0.29, 0.717) is 31.7 Å². The third-order valence-corrected chi connectivity index (χ3v) is 3.69. The molecule has 1 heterocycles. The van der Waals surface area contributed by atoms with Crippen molar-refractivity contribution in [2.24, 2.45) is 0 Å². The zero-order valence-corrected chi connectivity index (χ0v) is 13.2. The van der Waals surface area contributed by atoms with E-state index in [-0.39, 0.29) is 12.4 Å². The Labute approximate surface area is 130 Å². The van der Waals surface area contributed by atoms with Crippen LogP contribution in [0, 0.1) is 13.8 Å². The zero-order valence-electron chi connectivity index (χ0n) is 12.4. The minimum absolute atomic E-state index is 0. The fraction of sp³-hybridized carbons (Fsp3) is 0.600. The molecular weight excluding hydrogens is 298 g/mol. The van der Waals surface area contributed by atoms with Gasteiger partial charge in [0.2, 0.25) is 0 Å². The molecule has 1 aromatic rings. The predicted octanol–water partition coefficient (Wildman–Crippen LogP) is 2.30. The molecule has 0 spiro atoms. The molecule has 0 bridgehead atoms. The molecule has 0 radical (unpaired) electrons. The molecule has 1 aromatic carbocycles. The van der Waals surface area contributed by atoms with Crippen molar-refractivity contribution in [3.63, 3.8) is 0 Å². The third kappa shape index (κ3) is 4.36. The van der Waals surface area contributed by atoms with Gasteiger partial charge < -0.3 is 10.4 Å². The third-order valence-electron chi connectivity index (χ3n) is 3.69. The van der Waals surface area contributed by atoms with Gasteiger partial charge >= 0.3 is 0 Å².